The number of thioether (sulfide) groups is 2. The molecule has 0 nitrogen and oxygen atoms in total. The molecule has 0 aliphatic rings. The first kappa shape index (κ1) is 9.13. The second kappa shape index (κ2) is 4.83. The molecule has 0 spiro atoms. The summed E-state index contributed by atoms with van der Waals surface area (Å²) >= 11 is 2.71. The maximum absolute atomic E-state index is 5.18. The number of hydrogen-bond acceptors (Lipinski definition) is 2. The van der Waals surface area contributed by atoms with E-state index in [4.69, 9.17) is 12.8 Å². The molecule has 0 bridgehead atoms. The molecule has 0 aliphatic heterocycles. The van der Waals surface area contributed by atoms with E-state index >= 15 is 0 Å². The minimum Gasteiger partial charge on any atom is -0.108 e. The Hall–Kier alpha value is -0.960. The van der Waals surface area contributed by atoms with Gasteiger partial charge in [0, 0.05) is 9.79 Å². The van der Waals surface area contributed by atoms with Crippen molar-refractivity contribution in [2.45, 2.75) is 9.79 Å². The average Bonchev–Trinajstić information content (AvgIpc) is 2.09. The Labute approximate surface area is 81.1 Å². The molecule has 0 heterocycles. The zero-order valence-corrected chi connectivity index (χ0v) is 7.91. The number of benzene rings is 1. The van der Waals surface area contributed by atoms with Crippen LogP contribution in [0.15, 0.2) is 34.1 Å². The normalized spacial score (nSPS) is 8.50. The predicted octanol–water partition coefficient (Wildman–Crippen LogP) is 3.05. The van der Waals surface area contributed by atoms with E-state index in [0.717, 1.165) is 9.79 Å². The van der Waals surface area contributed by atoms with Crippen LogP contribution in [-0.4, -0.2) is 0 Å². The van der Waals surface area contributed by atoms with Gasteiger partial charge in [-0.3, -0.25) is 0 Å². The molecule has 0 amide bonds. The molecule has 58 valence electrons. The van der Waals surface area contributed by atoms with E-state index in [1.807, 2.05) is 24.3 Å². The summed E-state index contributed by atoms with van der Waals surface area (Å²) in [6.07, 6.45) is 10.4. The fourth-order valence-corrected chi connectivity index (χ4v) is 1.88. The first-order valence-corrected chi connectivity index (χ1v) is 4.85. The van der Waals surface area contributed by atoms with E-state index in [1.54, 1.807) is 0 Å². The molecule has 12 heavy (non-hydrogen) atoms. The van der Waals surface area contributed by atoms with E-state index in [0.29, 0.717) is 0 Å². The summed E-state index contributed by atoms with van der Waals surface area (Å²) in [4.78, 5) is 2.09. The lowest BCUT2D eigenvalue weighted by atomic mass is 10.4. The van der Waals surface area contributed by atoms with Gasteiger partial charge in [-0.15, -0.1) is 12.8 Å². The van der Waals surface area contributed by atoms with Crippen LogP contribution in [0.4, 0.5) is 0 Å². The van der Waals surface area contributed by atoms with Gasteiger partial charge < -0.3 is 0 Å². The lowest BCUT2D eigenvalue weighted by Gasteiger charge is -1.99. The smallest absolute Gasteiger partial charge is 0.0349 e. The van der Waals surface area contributed by atoms with Gasteiger partial charge in [0.25, 0.3) is 0 Å². The molecule has 0 radical (unpaired) electrons. The average molecular weight is 190 g/mol. The Morgan fingerprint density at radius 2 is 1.33 bits per heavy atom. The van der Waals surface area contributed by atoms with Crippen LogP contribution >= 0.6 is 23.5 Å². The second-order valence-corrected chi connectivity index (χ2v) is 3.65. The first-order valence-electron chi connectivity index (χ1n) is 3.22. The van der Waals surface area contributed by atoms with Crippen LogP contribution in [0.25, 0.3) is 0 Å². The van der Waals surface area contributed by atoms with Gasteiger partial charge in [-0.05, 0) is 46.2 Å². The van der Waals surface area contributed by atoms with Gasteiger partial charge in [-0.2, -0.15) is 0 Å². The molecule has 0 unspecified atom stereocenters. The van der Waals surface area contributed by atoms with Gasteiger partial charge in [0.2, 0.25) is 0 Å². The van der Waals surface area contributed by atoms with Gasteiger partial charge in [0.15, 0.2) is 0 Å². The number of rotatable bonds is 2. The summed E-state index contributed by atoms with van der Waals surface area (Å²) in [6.45, 7) is 0. The molecule has 2 heteroatoms. The third kappa shape index (κ3) is 2.27. The molecule has 0 aromatic heterocycles. The molecule has 1 rings (SSSR count). The van der Waals surface area contributed by atoms with Crippen LogP contribution in [-0.2, 0) is 0 Å². The van der Waals surface area contributed by atoms with Crippen molar-refractivity contribution in [1.82, 2.24) is 0 Å². The Morgan fingerprint density at radius 1 is 0.917 bits per heavy atom. The third-order valence-corrected chi connectivity index (χ3v) is 2.70. The fourth-order valence-electron chi connectivity index (χ4n) is 0.746. The maximum Gasteiger partial charge on any atom is 0.0349 e. The maximum atomic E-state index is 5.18. The largest absolute Gasteiger partial charge is 0.108 e. The summed E-state index contributed by atoms with van der Waals surface area (Å²) in [7, 11) is 0. The zero-order chi connectivity index (χ0) is 8.81. The van der Waals surface area contributed by atoms with Crippen LogP contribution < -0.4 is 0 Å². The molecule has 1 aromatic carbocycles. The van der Waals surface area contributed by atoms with Crippen molar-refractivity contribution >= 4 is 23.5 Å². The van der Waals surface area contributed by atoms with Gasteiger partial charge in [0.05, 0.1) is 0 Å². The lowest BCUT2D eigenvalue weighted by molar-refractivity contribution is 1.26. The Bertz CT molecular complexity index is 307. The van der Waals surface area contributed by atoms with Crippen LogP contribution in [0.1, 0.15) is 0 Å². The Balaban J connectivity index is 2.95. The highest BCUT2D eigenvalue weighted by molar-refractivity contribution is 8.06. The fraction of sp³-hybridized carbons (Fsp3) is 0. The van der Waals surface area contributed by atoms with E-state index in [1.165, 1.54) is 23.5 Å². The number of terminal acetylenes is 2. The highest BCUT2D eigenvalue weighted by atomic mass is 32.2. The van der Waals surface area contributed by atoms with Gasteiger partial charge >= 0.3 is 0 Å². The van der Waals surface area contributed by atoms with Gasteiger partial charge in [0.1, 0.15) is 0 Å². The number of hydrogen-bond donors (Lipinski definition) is 0. The van der Waals surface area contributed by atoms with E-state index in [2.05, 4.69) is 10.5 Å². The topological polar surface area (TPSA) is 0 Å². The Morgan fingerprint density at radius 3 is 1.67 bits per heavy atom. The predicted molar refractivity (Wildman–Crippen MR) is 55.8 cm³/mol. The third-order valence-electron chi connectivity index (χ3n) is 1.19. The Kier molecular flexibility index (Phi) is 3.67. The summed E-state index contributed by atoms with van der Waals surface area (Å²) < 4.78 is 0. The van der Waals surface area contributed by atoms with Crippen molar-refractivity contribution in [2.75, 3.05) is 0 Å². The molecule has 0 aliphatic carbocycles. The SMILES string of the molecule is C#CSc1ccccc1SC#C. The molecule has 1 aromatic rings. The highest BCUT2D eigenvalue weighted by Gasteiger charge is 1.98. The summed E-state index contributed by atoms with van der Waals surface area (Å²) in [6, 6.07) is 7.81. The van der Waals surface area contributed by atoms with E-state index in [9.17, 15) is 0 Å². The van der Waals surface area contributed by atoms with Gasteiger partial charge in [-0.25, -0.2) is 0 Å². The van der Waals surface area contributed by atoms with Crippen LogP contribution in [0.3, 0.4) is 0 Å². The second-order valence-electron chi connectivity index (χ2n) is 1.89. The summed E-state index contributed by atoms with van der Waals surface area (Å²) in [5.74, 6) is 0. The summed E-state index contributed by atoms with van der Waals surface area (Å²) in [5.41, 5.74) is 0. The quantitative estimate of drug-likeness (QED) is 0.519. The zero-order valence-electron chi connectivity index (χ0n) is 6.28. The standard InChI is InChI=1S/C10H6S2/c1-3-11-9-7-5-6-8-10(9)12-4-2/h1-2,5-8H. The van der Waals surface area contributed by atoms with Crippen LogP contribution in [0.2, 0.25) is 0 Å². The molecule has 0 atom stereocenters. The minimum atomic E-state index is 1.04. The van der Waals surface area contributed by atoms with Crippen molar-refractivity contribution in [3.05, 3.63) is 24.3 Å². The van der Waals surface area contributed by atoms with Crippen molar-refractivity contribution in [2.24, 2.45) is 0 Å². The van der Waals surface area contributed by atoms with Crippen molar-refractivity contribution in [3.63, 3.8) is 0 Å². The van der Waals surface area contributed by atoms with Crippen molar-refractivity contribution in [3.8, 4) is 23.4 Å². The van der Waals surface area contributed by atoms with E-state index in [-0.39, 0.29) is 0 Å². The molecule has 0 saturated carbocycles. The molecule has 0 fully saturated rings. The van der Waals surface area contributed by atoms with E-state index < -0.39 is 0 Å². The first-order chi connectivity index (χ1) is 5.88. The lowest BCUT2D eigenvalue weighted by Crippen LogP contribution is -1.73. The minimum absolute atomic E-state index is 1.04. The monoisotopic (exact) mass is 190 g/mol. The molecular formula is C10H6S2. The van der Waals surface area contributed by atoms with Crippen molar-refractivity contribution < 1.29 is 0 Å². The molecule has 0 saturated heterocycles. The molecule has 0 N–H and O–H groups in total. The van der Waals surface area contributed by atoms with Crippen molar-refractivity contribution in [1.29, 1.82) is 0 Å². The highest BCUT2D eigenvalue weighted by Crippen LogP contribution is 2.29. The van der Waals surface area contributed by atoms with Crippen LogP contribution in [0.5, 0.6) is 0 Å². The van der Waals surface area contributed by atoms with Crippen LogP contribution in [0, 0.1) is 23.4 Å². The van der Waals surface area contributed by atoms with Gasteiger partial charge in [-0.1, -0.05) is 12.1 Å². The summed E-state index contributed by atoms with van der Waals surface area (Å²) in [5, 5.41) is 5.04. The molecular weight excluding hydrogens is 184 g/mol.